The number of nitrogens with one attached hydrogen (secondary N) is 3. The molecule has 0 saturated heterocycles. The maximum atomic E-state index is 12.5. The van der Waals surface area contributed by atoms with Gasteiger partial charge < -0.3 is 48.8 Å². The van der Waals surface area contributed by atoms with Crippen molar-refractivity contribution in [2.24, 2.45) is 5.92 Å². The molecule has 16 nitrogen and oxygen atoms in total. The number of amides is 1. The van der Waals surface area contributed by atoms with Crippen LogP contribution < -0.4 is 33.7 Å². The van der Waals surface area contributed by atoms with Crippen LogP contribution in [0.15, 0.2) is 49.1 Å². The van der Waals surface area contributed by atoms with E-state index in [4.69, 9.17) is 28.4 Å². The van der Waals surface area contributed by atoms with Crippen LogP contribution in [0, 0.1) is 5.92 Å². The minimum atomic E-state index is -1.07. The smallest absolute Gasteiger partial charge is 0.339 e. The number of hydrogen-bond acceptors (Lipinski definition) is 12. The summed E-state index contributed by atoms with van der Waals surface area (Å²) >= 11 is 0. The van der Waals surface area contributed by atoms with Gasteiger partial charge >= 0.3 is 5.97 Å². The number of aromatic nitrogens is 6. The monoisotopic (exact) mass is 713 g/mol. The van der Waals surface area contributed by atoms with Gasteiger partial charge in [-0.2, -0.15) is 0 Å². The van der Waals surface area contributed by atoms with Crippen LogP contribution in [0.5, 0.6) is 34.5 Å². The number of aromatic carboxylic acids is 1. The number of carboxylic acid groups (broad SMARTS) is 1. The van der Waals surface area contributed by atoms with Crippen molar-refractivity contribution in [1.29, 1.82) is 0 Å². The summed E-state index contributed by atoms with van der Waals surface area (Å²) in [6.07, 6.45) is 6.17. The van der Waals surface area contributed by atoms with E-state index < -0.39 is 5.97 Å². The molecule has 6 aromatic rings. The molecule has 0 radical (unpaired) electrons. The van der Waals surface area contributed by atoms with Gasteiger partial charge in [-0.05, 0) is 30.2 Å². The molecule has 0 aliphatic carbocycles. The van der Waals surface area contributed by atoms with Crippen LogP contribution in [0.1, 0.15) is 34.6 Å². The summed E-state index contributed by atoms with van der Waals surface area (Å²) in [5, 5.41) is 12.1. The molecule has 0 unspecified atom stereocenters. The van der Waals surface area contributed by atoms with Gasteiger partial charge in [0.15, 0.2) is 34.3 Å². The number of aromatic amines is 2. The highest BCUT2D eigenvalue weighted by atomic mass is 16.5. The van der Waals surface area contributed by atoms with Crippen LogP contribution in [-0.4, -0.2) is 96.1 Å². The third-order valence-corrected chi connectivity index (χ3v) is 7.83. The minimum absolute atomic E-state index is 0.0618. The summed E-state index contributed by atoms with van der Waals surface area (Å²) in [6, 6.07) is 7.04. The predicted molar refractivity (Wildman–Crippen MR) is 192 cm³/mol. The molecule has 0 aliphatic rings. The van der Waals surface area contributed by atoms with Gasteiger partial charge in [0.1, 0.15) is 16.6 Å². The first kappa shape index (κ1) is 36.7. The Morgan fingerprint density at radius 2 is 1.08 bits per heavy atom. The number of fused-ring (bicyclic) bond motifs is 2. The molecule has 4 aromatic heterocycles. The minimum Gasteiger partial charge on any atom is -0.493 e. The number of methoxy groups -OCH3 is 6. The Morgan fingerprint density at radius 1 is 0.673 bits per heavy atom. The molecule has 52 heavy (non-hydrogen) atoms. The highest BCUT2D eigenvalue weighted by molar-refractivity contribution is 6.04. The average molecular weight is 714 g/mol. The molecule has 16 heteroatoms. The number of hydrogen-bond donors (Lipinski definition) is 4. The van der Waals surface area contributed by atoms with Crippen molar-refractivity contribution in [2.75, 3.05) is 49.2 Å². The number of carboxylic acids is 1. The first-order valence-electron chi connectivity index (χ1n) is 15.9. The van der Waals surface area contributed by atoms with Crippen molar-refractivity contribution in [2.45, 2.75) is 13.8 Å². The van der Waals surface area contributed by atoms with Gasteiger partial charge in [-0.15, -0.1) is 0 Å². The Morgan fingerprint density at radius 3 is 1.44 bits per heavy atom. The zero-order valence-corrected chi connectivity index (χ0v) is 29.9. The molecular formula is C36H39N7O9. The largest absolute Gasteiger partial charge is 0.493 e. The van der Waals surface area contributed by atoms with Crippen molar-refractivity contribution in [1.82, 2.24) is 35.2 Å². The Bertz CT molecular complexity index is 2180. The molecule has 4 heterocycles. The molecule has 272 valence electrons. The van der Waals surface area contributed by atoms with Gasteiger partial charge in [-0.1, -0.05) is 13.8 Å². The van der Waals surface area contributed by atoms with Gasteiger partial charge in [0, 0.05) is 30.1 Å². The normalized spacial score (nSPS) is 10.8. The van der Waals surface area contributed by atoms with E-state index in [-0.39, 0.29) is 17.0 Å². The summed E-state index contributed by atoms with van der Waals surface area (Å²) in [4.78, 5) is 47.2. The number of H-pyrrole nitrogens is 2. The zero-order valence-electron chi connectivity index (χ0n) is 29.9. The quantitative estimate of drug-likeness (QED) is 0.126. The van der Waals surface area contributed by atoms with Crippen LogP contribution in [0.4, 0.5) is 0 Å². The number of nitrogens with zero attached hydrogens (tertiary/aromatic N) is 4. The summed E-state index contributed by atoms with van der Waals surface area (Å²) in [7, 11) is 9.21. The molecule has 0 atom stereocenters. The standard InChI is InChI=1S/C20H24N4O4.C16H15N3O5/c1-11(2)8-23-20(25)13-9-21-19-17(13)24-14(10-22-19)12-6-15(26-3)18(28-5)16(7-12)27-4;1-22-11-4-8(5-12(23-2)14(11)24-3)10-7-18-15-13(19-10)9(6-17-15)16(20)21/h6-7,9-11H,8H2,1-5H3,(H,21,22)(H,23,25);4-7H,1-3H3,(H,17,18)(H,20,21). The van der Waals surface area contributed by atoms with Crippen LogP contribution in [0.25, 0.3) is 44.8 Å². The summed E-state index contributed by atoms with van der Waals surface area (Å²) in [5.74, 6) is 2.04. The predicted octanol–water partition coefficient (Wildman–Crippen LogP) is 5.39. The maximum absolute atomic E-state index is 12.5. The van der Waals surface area contributed by atoms with E-state index in [1.165, 1.54) is 27.5 Å². The van der Waals surface area contributed by atoms with Gasteiger partial charge in [0.25, 0.3) is 5.91 Å². The molecule has 4 N–H and O–H groups in total. The van der Waals surface area contributed by atoms with Crippen LogP contribution >= 0.6 is 0 Å². The fourth-order valence-corrected chi connectivity index (χ4v) is 5.25. The number of carbonyl (C=O) groups is 2. The second-order valence-electron chi connectivity index (χ2n) is 11.5. The number of benzene rings is 2. The molecule has 6 rings (SSSR count). The van der Waals surface area contributed by atoms with Crippen molar-refractivity contribution in [3.63, 3.8) is 0 Å². The van der Waals surface area contributed by atoms with E-state index in [0.717, 1.165) is 5.56 Å². The number of rotatable bonds is 12. The molecule has 0 aliphatic heterocycles. The first-order chi connectivity index (χ1) is 25.1. The van der Waals surface area contributed by atoms with Gasteiger partial charge in [-0.3, -0.25) is 4.79 Å². The fraction of sp³-hybridized carbons (Fsp3) is 0.278. The average Bonchev–Trinajstić information content (AvgIpc) is 3.80. The lowest BCUT2D eigenvalue weighted by molar-refractivity contribution is 0.0698. The summed E-state index contributed by atoms with van der Waals surface area (Å²) in [5.41, 5.74) is 4.74. The molecule has 1 amide bonds. The topological polar surface area (TPSA) is 205 Å². The van der Waals surface area contributed by atoms with E-state index in [2.05, 4.69) is 35.2 Å². The van der Waals surface area contributed by atoms with Crippen LogP contribution in [-0.2, 0) is 0 Å². The molecular weight excluding hydrogens is 674 g/mol. The van der Waals surface area contributed by atoms with Gasteiger partial charge in [-0.25, -0.2) is 24.7 Å². The Balaban J connectivity index is 0.000000203. The third-order valence-electron chi connectivity index (χ3n) is 7.83. The van der Waals surface area contributed by atoms with E-state index in [9.17, 15) is 14.7 Å². The number of ether oxygens (including phenoxy) is 6. The Kier molecular flexibility index (Phi) is 11.3. The second kappa shape index (κ2) is 16.0. The lowest BCUT2D eigenvalue weighted by Crippen LogP contribution is -2.27. The first-order valence-corrected chi connectivity index (χ1v) is 15.9. The third kappa shape index (κ3) is 7.45. The van der Waals surface area contributed by atoms with Gasteiger partial charge in [0.2, 0.25) is 11.5 Å². The molecule has 0 bridgehead atoms. The van der Waals surface area contributed by atoms with E-state index in [1.807, 2.05) is 13.8 Å². The Labute approximate surface area is 298 Å². The van der Waals surface area contributed by atoms with Crippen LogP contribution in [0.2, 0.25) is 0 Å². The summed E-state index contributed by atoms with van der Waals surface area (Å²) < 4.78 is 32.1. The fourth-order valence-electron chi connectivity index (χ4n) is 5.25. The van der Waals surface area contributed by atoms with Crippen molar-refractivity contribution < 1.29 is 43.1 Å². The van der Waals surface area contributed by atoms with Crippen molar-refractivity contribution >= 4 is 34.2 Å². The van der Waals surface area contributed by atoms with E-state index >= 15 is 0 Å². The van der Waals surface area contributed by atoms with Crippen molar-refractivity contribution in [3.05, 3.63) is 60.2 Å². The van der Waals surface area contributed by atoms with Gasteiger partial charge in [0.05, 0.1) is 72.0 Å². The van der Waals surface area contributed by atoms with E-state index in [0.29, 0.717) is 86.3 Å². The molecule has 0 fully saturated rings. The highest BCUT2D eigenvalue weighted by Crippen LogP contribution is 2.42. The Hall–Kier alpha value is -6.58. The second-order valence-corrected chi connectivity index (χ2v) is 11.5. The zero-order chi connectivity index (χ0) is 37.5. The summed E-state index contributed by atoms with van der Waals surface area (Å²) in [6.45, 7) is 4.67. The molecule has 0 saturated carbocycles. The lowest BCUT2D eigenvalue weighted by atomic mass is 10.1. The SMILES string of the molecule is COc1cc(-c2cnc3[nH]cc(C(=O)NCC(C)C)c3n2)cc(OC)c1OC.COc1cc(-c2cnc3[nH]cc(C(=O)O)c3n2)cc(OC)c1OC. The molecule has 2 aromatic carbocycles. The van der Waals surface area contributed by atoms with Crippen LogP contribution in [0.3, 0.4) is 0 Å². The maximum Gasteiger partial charge on any atom is 0.339 e. The highest BCUT2D eigenvalue weighted by Gasteiger charge is 2.20. The lowest BCUT2D eigenvalue weighted by Gasteiger charge is -2.14. The van der Waals surface area contributed by atoms with E-state index in [1.54, 1.807) is 64.2 Å². The van der Waals surface area contributed by atoms with Crippen molar-refractivity contribution in [3.8, 4) is 57.0 Å². The molecule has 0 spiro atoms. The number of carbonyl (C=O) groups excluding carboxylic acids is 1.